The van der Waals surface area contributed by atoms with Crippen molar-refractivity contribution in [2.45, 2.75) is 44.3 Å². The molecule has 2 unspecified atom stereocenters. The number of rotatable bonds is 5. The second kappa shape index (κ2) is 6.21. The summed E-state index contributed by atoms with van der Waals surface area (Å²) < 4.78 is 0.384. The zero-order valence-electron chi connectivity index (χ0n) is 9.79. The standard InChI is InChI=1S/C12H22OS2/c1-4-12(15-14-6-5-13)8-10(2)7-11(3)9-12/h11,13H,2,4-9H2,1,3H3. The summed E-state index contributed by atoms with van der Waals surface area (Å²) in [7, 11) is 3.79. The molecule has 1 aliphatic rings. The van der Waals surface area contributed by atoms with E-state index in [1.807, 2.05) is 21.6 Å². The molecule has 1 rings (SSSR count). The molecular formula is C12H22OS2. The van der Waals surface area contributed by atoms with Crippen LogP contribution in [0.4, 0.5) is 0 Å². The SMILES string of the molecule is C=C1CC(C)CC(CC)(SSCCO)C1. The molecule has 0 aliphatic heterocycles. The van der Waals surface area contributed by atoms with Crippen molar-refractivity contribution >= 4 is 21.6 Å². The molecule has 1 saturated carbocycles. The molecule has 0 heterocycles. The second-order valence-electron chi connectivity index (χ2n) is 4.61. The van der Waals surface area contributed by atoms with Crippen LogP contribution in [0.2, 0.25) is 0 Å². The number of aliphatic hydroxyl groups is 1. The van der Waals surface area contributed by atoms with Crippen LogP contribution in [0.15, 0.2) is 12.2 Å². The van der Waals surface area contributed by atoms with Gasteiger partial charge >= 0.3 is 0 Å². The maximum atomic E-state index is 8.80. The molecule has 0 aromatic rings. The summed E-state index contributed by atoms with van der Waals surface area (Å²) in [6.07, 6.45) is 4.87. The molecule has 0 aromatic heterocycles. The molecule has 0 bridgehead atoms. The van der Waals surface area contributed by atoms with Crippen LogP contribution in [0.25, 0.3) is 0 Å². The second-order valence-corrected chi connectivity index (χ2v) is 7.49. The van der Waals surface area contributed by atoms with Gasteiger partial charge in [0.15, 0.2) is 0 Å². The first-order valence-electron chi connectivity index (χ1n) is 5.70. The van der Waals surface area contributed by atoms with Gasteiger partial charge in [0, 0.05) is 10.5 Å². The first-order chi connectivity index (χ1) is 7.12. The predicted octanol–water partition coefficient (Wildman–Crippen LogP) is 3.89. The summed E-state index contributed by atoms with van der Waals surface area (Å²) in [6.45, 7) is 9.05. The lowest BCUT2D eigenvalue weighted by molar-refractivity contribution is 0.323. The topological polar surface area (TPSA) is 20.2 Å². The van der Waals surface area contributed by atoms with Crippen molar-refractivity contribution in [3.05, 3.63) is 12.2 Å². The van der Waals surface area contributed by atoms with Crippen LogP contribution < -0.4 is 0 Å². The molecule has 1 N–H and O–H groups in total. The van der Waals surface area contributed by atoms with Gasteiger partial charge in [-0.15, -0.1) is 0 Å². The monoisotopic (exact) mass is 246 g/mol. The number of hydrogen-bond donors (Lipinski definition) is 1. The molecular weight excluding hydrogens is 224 g/mol. The molecule has 0 amide bonds. The van der Waals surface area contributed by atoms with E-state index >= 15 is 0 Å². The molecule has 0 aromatic carbocycles. The van der Waals surface area contributed by atoms with Crippen LogP contribution >= 0.6 is 21.6 Å². The zero-order chi connectivity index (χ0) is 11.3. The normalized spacial score (nSPS) is 31.9. The Bertz CT molecular complexity index is 218. The van der Waals surface area contributed by atoms with E-state index in [1.54, 1.807) is 0 Å². The lowest BCUT2D eigenvalue weighted by Crippen LogP contribution is -2.31. The molecule has 88 valence electrons. The smallest absolute Gasteiger partial charge is 0.0530 e. The molecule has 3 heteroatoms. The quantitative estimate of drug-likeness (QED) is 0.451. The van der Waals surface area contributed by atoms with E-state index in [2.05, 4.69) is 20.4 Å². The molecule has 2 atom stereocenters. The van der Waals surface area contributed by atoms with Gasteiger partial charge in [0.05, 0.1) is 6.61 Å². The third-order valence-corrected chi connectivity index (χ3v) is 6.32. The maximum absolute atomic E-state index is 8.80. The van der Waals surface area contributed by atoms with Crippen molar-refractivity contribution in [2.24, 2.45) is 5.92 Å². The summed E-state index contributed by atoms with van der Waals surface area (Å²) in [5.41, 5.74) is 1.41. The number of hydrogen-bond acceptors (Lipinski definition) is 3. The van der Waals surface area contributed by atoms with Crippen LogP contribution in [-0.2, 0) is 0 Å². The summed E-state index contributed by atoms with van der Waals surface area (Å²) in [4.78, 5) is 0. The zero-order valence-corrected chi connectivity index (χ0v) is 11.4. The third kappa shape index (κ3) is 4.04. The highest BCUT2D eigenvalue weighted by Crippen LogP contribution is 2.50. The van der Waals surface area contributed by atoms with E-state index in [0.29, 0.717) is 4.75 Å². The average Bonchev–Trinajstić information content (AvgIpc) is 2.17. The minimum Gasteiger partial charge on any atom is -0.395 e. The first-order valence-corrected chi connectivity index (χ1v) is 8.02. The van der Waals surface area contributed by atoms with E-state index in [0.717, 1.165) is 18.1 Å². The summed E-state index contributed by atoms with van der Waals surface area (Å²) >= 11 is 0. The molecule has 1 nitrogen and oxygen atoms in total. The van der Waals surface area contributed by atoms with Crippen molar-refractivity contribution in [3.63, 3.8) is 0 Å². The van der Waals surface area contributed by atoms with Gasteiger partial charge < -0.3 is 5.11 Å². The Kier molecular flexibility index (Phi) is 5.58. The molecule has 15 heavy (non-hydrogen) atoms. The minimum atomic E-state index is 0.286. The van der Waals surface area contributed by atoms with Crippen LogP contribution in [0, 0.1) is 5.92 Å². The Morgan fingerprint density at radius 3 is 2.87 bits per heavy atom. The van der Waals surface area contributed by atoms with Gasteiger partial charge in [-0.25, -0.2) is 0 Å². The Hall–Kier alpha value is 0.400. The van der Waals surface area contributed by atoms with E-state index in [4.69, 9.17) is 5.11 Å². The van der Waals surface area contributed by atoms with Gasteiger partial charge in [-0.1, -0.05) is 47.6 Å². The molecule has 0 radical (unpaired) electrons. The minimum absolute atomic E-state index is 0.286. The fourth-order valence-corrected chi connectivity index (χ4v) is 5.50. The van der Waals surface area contributed by atoms with E-state index < -0.39 is 0 Å². The maximum Gasteiger partial charge on any atom is 0.0530 e. The van der Waals surface area contributed by atoms with Gasteiger partial charge in [0.25, 0.3) is 0 Å². The van der Waals surface area contributed by atoms with Crippen LogP contribution in [0.5, 0.6) is 0 Å². The van der Waals surface area contributed by atoms with Gasteiger partial charge in [0.2, 0.25) is 0 Å². The molecule has 1 fully saturated rings. The fourth-order valence-electron chi connectivity index (χ4n) is 2.40. The highest BCUT2D eigenvalue weighted by Gasteiger charge is 2.35. The first kappa shape index (κ1) is 13.5. The Balaban J connectivity index is 2.53. The highest BCUT2D eigenvalue weighted by molar-refractivity contribution is 8.77. The Morgan fingerprint density at radius 1 is 1.60 bits per heavy atom. The van der Waals surface area contributed by atoms with Crippen molar-refractivity contribution in [2.75, 3.05) is 12.4 Å². The average molecular weight is 246 g/mol. The predicted molar refractivity (Wildman–Crippen MR) is 72.3 cm³/mol. The summed E-state index contributed by atoms with van der Waals surface area (Å²) in [5.74, 6) is 1.61. The summed E-state index contributed by atoms with van der Waals surface area (Å²) in [6, 6.07) is 0. The number of aliphatic hydroxyl groups excluding tert-OH is 1. The fraction of sp³-hybridized carbons (Fsp3) is 0.833. The molecule has 0 spiro atoms. The van der Waals surface area contributed by atoms with Crippen molar-refractivity contribution in [3.8, 4) is 0 Å². The van der Waals surface area contributed by atoms with Crippen LogP contribution in [0.1, 0.15) is 39.5 Å². The largest absolute Gasteiger partial charge is 0.395 e. The van der Waals surface area contributed by atoms with Gasteiger partial charge in [-0.2, -0.15) is 0 Å². The lowest BCUT2D eigenvalue weighted by Gasteiger charge is -2.39. The summed E-state index contributed by atoms with van der Waals surface area (Å²) in [5, 5.41) is 8.80. The Morgan fingerprint density at radius 2 is 2.33 bits per heavy atom. The Labute approximate surface area is 101 Å². The van der Waals surface area contributed by atoms with Gasteiger partial charge in [-0.05, 0) is 31.6 Å². The molecule has 0 saturated heterocycles. The van der Waals surface area contributed by atoms with Crippen LogP contribution in [-0.4, -0.2) is 22.2 Å². The molecule has 1 aliphatic carbocycles. The van der Waals surface area contributed by atoms with Crippen molar-refractivity contribution in [1.29, 1.82) is 0 Å². The van der Waals surface area contributed by atoms with Crippen molar-refractivity contribution < 1.29 is 5.11 Å². The third-order valence-electron chi connectivity index (χ3n) is 2.98. The van der Waals surface area contributed by atoms with Crippen LogP contribution in [0.3, 0.4) is 0 Å². The van der Waals surface area contributed by atoms with Crippen molar-refractivity contribution in [1.82, 2.24) is 0 Å². The number of allylic oxidation sites excluding steroid dienone is 1. The lowest BCUT2D eigenvalue weighted by atomic mass is 9.78. The highest BCUT2D eigenvalue weighted by atomic mass is 33.1. The van der Waals surface area contributed by atoms with E-state index in [-0.39, 0.29) is 6.61 Å². The van der Waals surface area contributed by atoms with Gasteiger partial charge in [0.1, 0.15) is 0 Å². The van der Waals surface area contributed by atoms with Gasteiger partial charge in [-0.3, -0.25) is 0 Å². The van der Waals surface area contributed by atoms with E-state index in [1.165, 1.54) is 24.8 Å². The van der Waals surface area contributed by atoms with E-state index in [9.17, 15) is 0 Å².